The summed E-state index contributed by atoms with van der Waals surface area (Å²) in [4.78, 5) is 12.2. The van der Waals surface area contributed by atoms with Crippen molar-refractivity contribution in [2.75, 3.05) is 5.84 Å². The molecule has 0 bridgehead atoms. The summed E-state index contributed by atoms with van der Waals surface area (Å²) in [6.07, 6.45) is -2.67. The van der Waals surface area contributed by atoms with Gasteiger partial charge in [0.15, 0.2) is 0 Å². The maximum absolute atomic E-state index is 13.4. The van der Waals surface area contributed by atoms with Crippen LogP contribution in [0.4, 0.5) is 13.2 Å². The highest BCUT2D eigenvalue weighted by atomic mass is 19.4. The maximum Gasteiger partial charge on any atom is 0.417 e. The normalized spacial score (nSPS) is 15.8. The molecule has 2 aromatic rings. The first-order valence-electron chi connectivity index (χ1n) is 6.38. The highest BCUT2D eigenvalue weighted by Crippen LogP contribution is 2.39. The molecule has 1 aromatic heterocycles. The summed E-state index contributed by atoms with van der Waals surface area (Å²) in [5, 5.41) is -0.0160. The lowest BCUT2D eigenvalue weighted by molar-refractivity contribution is -0.137. The van der Waals surface area contributed by atoms with Gasteiger partial charge in [0, 0.05) is 10.9 Å². The van der Waals surface area contributed by atoms with Crippen LogP contribution in [0, 0.1) is 5.92 Å². The molecule has 0 amide bonds. The zero-order chi connectivity index (χ0) is 14.5. The van der Waals surface area contributed by atoms with Crippen LogP contribution in [-0.4, -0.2) is 4.68 Å². The van der Waals surface area contributed by atoms with E-state index in [-0.39, 0.29) is 28.8 Å². The number of aromatic nitrogens is 1. The van der Waals surface area contributed by atoms with Crippen molar-refractivity contribution < 1.29 is 13.2 Å². The van der Waals surface area contributed by atoms with Gasteiger partial charge in [-0.25, -0.2) is 4.68 Å². The predicted molar refractivity (Wildman–Crippen MR) is 69.8 cm³/mol. The Labute approximate surface area is 112 Å². The molecular formula is C14H13F3N2O. The Morgan fingerprint density at radius 1 is 1.25 bits per heavy atom. The number of fused-ring (bicyclic) bond motifs is 1. The number of nitrogens with zero attached hydrogens (tertiary/aromatic N) is 1. The summed E-state index contributed by atoms with van der Waals surface area (Å²) in [7, 11) is 0. The van der Waals surface area contributed by atoms with Gasteiger partial charge in [-0.3, -0.25) is 4.79 Å². The molecule has 3 nitrogen and oxygen atoms in total. The Balaban J connectivity index is 2.39. The average molecular weight is 282 g/mol. The van der Waals surface area contributed by atoms with Crippen LogP contribution in [0.3, 0.4) is 0 Å². The lowest BCUT2D eigenvalue weighted by atomic mass is 9.98. The molecule has 1 fully saturated rings. The Kier molecular flexibility index (Phi) is 2.77. The van der Waals surface area contributed by atoms with E-state index in [9.17, 15) is 18.0 Å². The molecule has 0 saturated heterocycles. The van der Waals surface area contributed by atoms with Gasteiger partial charge in [0.1, 0.15) is 0 Å². The molecular weight excluding hydrogens is 269 g/mol. The summed E-state index contributed by atoms with van der Waals surface area (Å²) >= 11 is 0. The summed E-state index contributed by atoms with van der Waals surface area (Å²) in [6.45, 7) is 0. The Morgan fingerprint density at radius 3 is 2.50 bits per heavy atom. The third-order valence-corrected chi connectivity index (χ3v) is 3.68. The highest BCUT2D eigenvalue weighted by Gasteiger charge is 2.39. The molecule has 6 heteroatoms. The van der Waals surface area contributed by atoms with Gasteiger partial charge in [-0.1, -0.05) is 18.2 Å². The van der Waals surface area contributed by atoms with Gasteiger partial charge in [0.2, 0.25) is 0 Å². The molecule has 1 heterocycles. The largest absolute Gasteiger partial charge is 0.417 e. The highest BCUT2D eigenvalue weighted by molar-refractivity contribution is 5.84. The Morgan fingerprint density at radius 2 is 1.90 bits per heavy atom. The van der Waals surface area contributed by atoms with E-state index >= 15 is 0 Å². The molecule has 3 rings (SSSR count). The zero-order valence-corrected chi connectivity index (χ0v) is 10.6. The molecule has 20 heavy (non-hydrogen) atoms. The third kappa shape index (κ3) is 2.05. The molecule has 0 unspecified atom stereocenters. The van der Waals surface area contributed by atoms with Crippen LogP contribution in [0.5, 0.6) is 0 Å². The van der Waals surface area contributed by atoms with E-state index in [0.717, 1.165) is 17.5 Å². The number of hydrogen-bond acceptors (Lipinski definition) is 2. The molecule has 1 aromatic carbocycles. The molecule has 106 valence electrons. The van der Waals surface area contributed by atoms with Crippen LogP contribution in [0.2, 0.25) is 0 Å². The molecule has 2 N–H and O–H groups in total. The minimum absolute atomic E-state index is 0.0160. The molecule has 0 spiro atoms. The van der Waals surface area contributed by atoms with E-state index in [1.807, 2.05) is 0 Å². The number of pyridine rings is 1. The Bertz CT molecular complexity index is 730. The quantitative estimate of drug-likeness (QED) is 0.861. The van der Waals surface area contributed by atoms with E-state index in [4.69, 9.17) is 5.84 Å². The monoisotopic (exact) mass is 282 g/mol. The van der Waals surface area contributed by atoms with Crippen molar-refractivity contribution >= 4 is 10.9 Å². The second kappa shape index (κ2) is 4.26. The first-order chi connectivity index (χ1) is 9.39. The fourth-order valence-electron chi connectivity index (χ4n) is 2.54. The fraction of sp³-hybridized carbons (Fsp3) is 0.357. The molecule has 1 aliphatic carbocycles. The van der Waals surface area contributed by atoms with E-state index in [2.05, 4.69) is 0 Å². The van der Waals surface area contributed by atoms with Crippen molar-refractivity contribution in [3.8, 4) is 0 Å². The van der Waals surface area contributed by atoms with Crippen LogP contribution in [0.15, 0.2) is 29.1 Å². The fourth-order valence-corrected chi connectivity index (χ4v) is 2.54. The van der Waals surface area contributed by atoms with Crippen LogP contribution < -0.4 is 11.4 Å². The van der Waals surface area contributed by atoms with Gasteiger partial charge < -0.3 is 5.84 Å². The van der Waals surface area contributed by atoms with Crippen molar-refractivity contribution in [1.82, 2.24) is 4.68 Å². The lowest BCUT2D eigenvalue weighted by Crippen LogP contribution is -2.33. The zero-order valence-electron chi connectivity index (χ0n) is 10.6. The maximum atomic E-state index is 13.4. The summed E-state index contributed by atoms with van der Waals surface area (Å²) in [5.41, 5.74) is -1.68. The second-order valence-corrected chi connectivity index (χ2v) is 5.19. The molecule has 0 atom stereocenters. The van der Waals surface area contributed by atoms with Crippen molar-refractivity contribution in [2.24, 2.45) is 5.92 Å². The molecule has 0 radical (unpaired) electrons. The smallest absolute Gasteiger partial charge is 0.336 e. The minimum atomic E-state index is -4.56. The van der Waals surface area contributed by atoms with Crippen LogP contribution in [0.1, 0.15) is 24.0 Å². The lowest BCUT2D eigenvalue weighted by Gasteiger charge is -2.17. The number of para-hydroxylation sites is 1. The number of halogens is 3. The van der Waals surface area contributed by atoms with Crippen molar-refractivity contribution in [3.05, 3.63) is 45.7 Å². The van der Waals surface area contributed by atoms with Crippen molar-refractivity contribution in [3.63, 3.8) is 0 Å². The summed E-state index contributed by atoms with van der Waals surface area (Å²) in [5.74, 6) is 5.84. The number of hydrogen-bond donors (Lipinski definition) is 1. The van der Waals surface area contributed by atoms with Gasteiger partial charge in [-0.15, -0.1) is 0 Å². The first-order valence-corrected chi connectivity index (χ1v) is 6.38. The molecule has 0 aliphatic heterocycles. The topological polar surface area (TPSA) is 48.0 Å². The van der Waals surface area contributed by atoms with E-state index < -0.39 is 17.3 Å². The third-order valence-electron chi connectivity index (χ3n) is 3.68. The van der Waals surface area contributed by atoms with Gasteiger partial charge in [0.05, 0.1) is 11.1 Å². The Hall–Kier alpha value is -1.98. The van der Waals surface area contributed by atoms with Crippen molar-refractivity contribution in [1.29, 1.82) is 0 Å². The van der Waals surface area contributed by atoms with Gasteiger partial charge >= 0.3 is 6.18 Å². The van der Waals surface area contributed by atoms with Gasteiger partial charge in [-0.05, 0) is 31.2 Å². The number of nitrogens with two attached hydrogens (primary N) is 1. The van der Waals surface area contributed by atoms with E-state index in [0.29, 0.717) is 0 Å². The van der Waals surface area contributed by atoms with Crippen LogP contribution >= 0.6 is 0 Å². The molecule has 1 aliphatic rings. The van der Waals surface area contributed by atoms with E-state index in [1.54, 1.807) is 6.07 Å². The van der Waals surface area contributed by atoms with Gasteiger partial charge in [-0.2, -0.15) is 13.2 Å². The summed E-state index contributed by atoms with van der Waals surface area (Å²) < 4.78 is 40.9. The van der Waals surface area contributed by atoms with Crippen LogP contribution in [-0.2, 0) is 12.6 Å². The van der Waals surface area contributed by atoms with Crippen LogP contribution in [0.25, 0.3) is 10.9 Å². The number of nitrogen functional groups attached to an aromatic ring is 1. The SMILES string of the molecule is Nn1c(=O)c(CC2CC2)c(C(F)(F)F)c2ccccc21. The predicted octanol–water partition coefficient (Wildman–Crippen LogP) is 2.69. The number of benzene rings is 1. The van der Waals surface area contributed by atoms with Gasteiger partial charge in [0.25, 0.3) is 5.56 Å². The summed E-state index contributed by atoms with van der Waals surface area (Å²) in [6, 6.07) is 5.86. The average Bonchev–Trinajstić information content (AvgIpc) is 3.18. The number of rotatable bonds is 2. The molecule has 1 saturated carbocycles. The van der Waals surface area contributed by atoms with Crippen molar-refractivity contribution in [2.45, 2.75) is 25.4 Å². The standard InChI is InChI=1S/C14H13F3N2O/c15-14(16,17)12-9-3-1-2-4-11(9)19(18)13(20)10(12)7-8-5-6-8/h1-4,8H,5-7,18H2. The van der Waals surface area contributed by atoms with E-state index in [1.165, 1.54) is 18.2 Å². The number of alkyl halides is 3. The second-order valence-electron chi connectivity index (χ2n) is 5.19. The first kappa shape index (κ1) is 13.0. The minimum Gasteiger partial charge on any atom is -0.336 e.